The molecule has 4 nitrogen and oxygen atoms in total. The molecule has 0 atom stereocenters. The van der Waals surface area contributed by atoms with Crippen molar-refractivity contribution in [3.05, 3.63) is 58.6 Å². The first-order valence-corrected chi connectivity index (χ1v) is 6.33. The highest BCUT2D eigenvalue weighted by molar-refractivity contribution is 6.30. The standard InChI is InChI=1S/C15H14ClNO3/c1-19-12-5-6-13(15(17)18)14(8-12)20-9-10-3-2-4-11(16)7-10/h2-8H,9H2,1H3,(H2,17,18). The van der Waals surface area contributed by atoms with Gasteiger partial charge in [0.25, 0.3) is 5.91 Å². The fraction of sp³-hybridized carbons (Fsp3) is 0.133. The number of nitrogens with two attached hydrogens (primary N) is 1. The van der Waals surface area contributed by atoms with Crippen LogP contribution in [0.15, 0.2) is 42.5 Å². The van der Waals surface area contributed by atoms with E-state index >= 15 is 0 Å². The first-order chi connectivity index (χ1) is 9.60. The molecular formula is C15H14ClNO3. The Morgan fingerprint density at radius 3 is 2.70 bits per heavy atom. The minimum Gasteiger partial charge on any atom is -0.497 e. The quantitative estimate of drug-likeness (QED) is 0.921. The zero-order valence-corrected chi connectivity index (χ0v) is 11.7. The summed E-state index contributed by atoms with van der Waals surface area (Å²) in [6, 6.07) is 12.2. The second kappa shape index (κ2) is 6.30. The molecule has 0 aliphatic heterocycles. The first-order valence-electron chi connectivity index (χ1n) is 5.95. The van der Waals surface area contributed by atoms with Gasteiger partial charge in [-0.15, -0.1) is 0 Å². The molecule has 20 heavy (non-hydrogen) atoms. The third-order valence-electron chi connectivity index (χ3n) is 2.74. The number of hydrogen-bond donors (Lipinski definition) is 1. The van der Waals surface area contributed by atoms with Crippen molar-refractivity contribution >= 4 is 17.5 Å². The van der Waals surface area contributed by atoms with E-state index in [4.69, 9.17) is 26.8 Å². The van der Waals surface area contributed by atoms with E-state index in [9.17, 15) is 4.79 Å². The van der Waals surface area contributed by atoms with Gasteiger partial charge in [0.1, 0.15) is 18.1 Å². The topological polar surface area (TPSA) is 61.5 Å². The first kappa shape index (κ1) is 14.2. The average Bonchev–Trinajstić information content (AvgIpc) is 2.44. The Morgan fingerprint density at radius 2 is 2.05 bits per heavy atom. The molecule has 0 aromatic heterocycles. The Morgan fingerprint density at radius 1 is 1.25 bits per heavy atom. The highest BCUT2D eigenvalue weighted by atomic mass is 35.5. The molecule has 2 aromatic rings. The predicted octanol–water partition coefficient (Wildman–Crippen LogP) is 3.03. The number of carbonyl (C=O) groups excluding carboxylic acids is 1. The van der Waals surface area contributed by atoms with E-state index < -0.39 is 5.91 Å². The molecule has 104 valence electrons. The van der Waals surface area contributed by atoms with Gasteiger partial charge in [0.15, 0.2) is 0 Å². The summed E-state index contributed by atoms with van der Waals surface area (Å²) in [5.74, 6) is 0.432. The molecule has 0 saturated carbocycles. The van der Waals surface area contributed by atoms with E-state index in [-0.39, 0.29) is 6.61 Å². The van der Waals surface area contributed by atoms with Crippen LogP contribution in [-0.2, 0) is 6.61 Å². The highest BCUT2D eigenvalue weighted by Gasteiger charge is 2.11. The predicted molar refractivity (Wildman–Crippen MR) is 77.3 cm³/mol. The smallest absolute Gasteiger partial charge is 0.252 e. The molecule has 1 amide bonds. The molecule has 2 N–H and O–H groups in total. The lowest BCUT2D eigenvalue weighted by atomic mass is 10.2. The molecule has 2 rings (SSSR count). The minimum absolute atomic E-state index is 0.286. The molecule has 5 heteroatoms. The Kier molecular flexibility index (Phi) is 4.48. The third-order valence-corrected chi connectivity index (χ3v) is 2.97. The van der Waals surface area contributed by atoms with Crippen molar-refractivity contribution < 1.29 is 14.3 Å². The maximum Gasteiger partial charge on any atom is 0.252 e. The molecule has 0 radical (unpaired) electrons. The summed E-state index contributed by atoms with van der Waals surface area (Å²) in [7, 11) is 1.54. The highest BCUT2D eigenvalue weighted by Crippen LogP contribution is 2.25. The summed E-state index contributed by atoms with van der Waals surface area (Å²) in [5.41, 5.74) is 6.53. The van der Waals surface area contributed by atoms with Gasteiger partial charge >= 0.3 is 0 Å². The van der Waals surface area contributed by atoms with Crippen LogP contribution in [0.2, 0.25) is 5.02 Å². The third kappa shape index (κ3) is 3.42. The van der Waals surface area contributed by atoms with Gasteiger partial charge in [0, 0.05) is 11.1 Å². The number of hydrogen-bond acceptors (Lipinski definition) is 3. The van der Waals surface area contributed by atoms with E-state index in [1.165, 1.54) is 0 Å². The molecule has 0 heterocycles. The van der Waals surface area contributed by atoms with Crippen molar-refractivity contribution in [2.75, 3.05) is 7.11 Å². The number of amides is 1. The Bertz CT molecular complexity index is 628. The van der Waals surface area contributed by atoms with Gasteiger partial charge in [0.2, 0.25) is 0 Å². The van der Waals surface area contributed by atoms with E-state index in [1.807, 2.05) is 12.1 Å². The number of carbonyl (C=O) groups is 1. The molecular weight excluding hydrogens is 278 g/mol. The number of halogens is 1. The van der Waals surface area contributed by atoms with Crippen molar-refractivity contribution in [1.82, 2.24) is 0 Å². The number of benzene rings is 2. The van der Waals surface area contributed by atoms with Crippen LogP contribution in [0.25, 0.3) is 0 Å². The summed E-state index contributed by atoms with van der Waals surface area (Å²) < 4.78 is 10.8. The van der Waals surface area contributed by atoms with Gasteiger partial charge in [0.05, 0.1) is 12.7 Å². The number of rotatable bonds is 5. The molecule has 2 aromatic carbocycles. The van der Waals surface area contributed by atoms with Crippen LogP contribution in [0.5, 0.6) is 11.5 Å². The normalized spacial score (nSPS) is 10.1. The summed E-state index contributed by atoms with van der Waals surface area (Å²) in [6.07, 6.45) is 0. The molecule has 0 bridgehead atoms. The molecule has 0 aliphatic carbocycles. The summed E-state index contributed by atoms with van der Waals surface area (Å²) in [5, 5.41) is 0.631. The van der Waals surface area contributed by atoms with Gasteiger partial charge in [-0.25, -0.2) is 0 Å². The van der Waals surface area contributed by atoms with E-state index in [2.05, 4.69) is 0 Å². The lowest BCUT2D eigenvalue weighted by Gasteiger charge is -2.11. The summed E-state index contributed by atoms with van der Waals surface area (Å²) in [4.78, 5) is 11.4. The SMILES string of the molecule is COc1ccc(C(N)=O)c(OCc2cccc(Cl)c2)c1. The van der Waals surface area contributed by atoms with E-state index in [1.54, 1.807) is 37.4 Å². The van der Waals surface area contributed by atoms with Gasteiger partial charge in [-0.1, -0.05) is 23.7 Å². The van der Waals surface area contributed by atoms with E-state index in [0.717, 1.165) is 5.56 Å². The van der Waals surface area contributed by atoms with Crippen LogP contribution in [0, 0.1) is 0 Å². The number of primary amides is 1. The summed E-state index contributed by atoms with van der Waals surface area (Å²) >= 11 is 5.91. The molecule has 0 unspecified atom stereocenters. The molecule has 0 aliphatic rings. The lowest BCUT2D eigenvalue weighted by Crippen LogP contribution is -2.13. The molecule has 0 fully saturated rings. The maximum atomic E-state index is 11.4. The second-order valence-corrected chi connectivity index (χ2v) is 4.58. The Balaban J connectivity index is 2.21. The fourth-order valence-corrected chi connectivity index (χ4v) is 1.95. The molecule has 0 spiro atoms. The van der Waals surface area contributed by atoms with Gasteiger partial charge < -0.3 is 15.2 Å². The second-order valence-electron chi connectivity index (χ2n) is 4.14. The minimum atomic E-state index is -0.547. The van der Waals surface area contributed by atoms with E-state index in [0.29, 0.717) is 22.1 Å². The van der Waals surface area contributed by atoms with Crippen molar-refractivity contribution in [2.45, 2.75) is 6.61 Å². The van der Waals surface area contributed by atoms with Gasteiger partial charge in [-0.05, 0) is 29.8 Å². The van der Waals surface area contributed by atoms with Crippen molar-refractivity contribution in [2.24, 2.45) is 5.73 Å². The van der Waals surface area contributed by atoms with Crippen LogP contribution >= 0.6 is 11.6 Å². The number of ether oxygens (including phenoxy) is 2. The van der Waals surface area contributed by atoms with Crippen LogP contribution < -0.4 is 15.2 Å². The fourth-order valence-electron chi connectivity index (χ4n) is 1.74. The number of methoxy groups -OCH3 is 1. The van der Waals surface area contributed by atoms with Crippen LogP contribution in [0.3, 0.4) is 0 Å². The van der Waals surface area contributed by atoms with Crippen LogP contribution in [0.1, 0.15) is 15.9 Å². The monoisotopic (exact) mass is 291 g/mol. The van der Waals surface area contributed by atoms with Gasteiger partial charge in [-0.3, -0.25) is 4.79 Å². The Labute approximate surface area is 122 Å². The average molecular weight is 292 g/mol. The van der Waals surface area contributed by atoms with Crippen LogP contribution in [-0.4, -0.2) is 13.0 Å². The van der Waals surface area contributed by atoms with Crippen molar-refractivity contribution in [3.63, 3.8) is 0 Å². The van der Waals surface area contributed by atoms with Crippen molar-refractivity contribution in [1.29, 1.82) is 0 Å². The van der Waals surface area contributed by atoms with Crippen LogP contribution in [0.4, 0.5) is 0 Å². The van der Waals surface area contributed by atoms with Gasteiger partial charge in [-0.2, -0.15) is 0 Å². The zero-order valence-electron chi connectivity index (χ0n) is 10.9. The molecule has 0 saturated heterocycles. The Hall–Kier alpha value is -2.20. The van der Waals surface area contributed by atoms with Crippen molar-refractivity contribution in [3.8, 4) is 11.5 Å². The summed E-state index contributed by atoms with van der Waals surface area (Å²) in [6.45, 7) is 0.286. The zero-order chi connectivity index (χ0) is 14.5. The lowest BCUT2D eigenvalue weighted by molar-refractivity contribution is 0.0996. The maximum absolute atomic E-state index is 11.4. The largest absolute Gasteiger partial charge is 0.497 e.